The number of aryl methyl sites for hydroxylation is 2. The van der Waals surface area contributed by atoms with Crippen molar-refractivity contribution >= 4 is 11.9 Å². The Kier molecular flexibility index (Phi) is 4.62. The highest BCUT2D eigenvalue weighted by Crippen LogP contribution is 2.22. The first-order valence-electron chi connectivity index (χ1n) is 7.22. The van der Waals surface area contributed by atoms with Crippen molar-refractivity contribution in [3.8, 4) is 0 Å². The van der Waals surface area contributed by atoms with Crippen LogP contribution in [0.1, 0.15) is 42.9 Å². The number of hydrogen-bond donors (Lipinski definition) is 2. The van der Waals surface area contributed by atoms with E-state index in [9.17, 15) is 14.7 Å². The maximum absolute atomic E-state index is 12.5. The largest absolute Gasteiger partial charge is 0.480 e. The normalized spacial score (nSPS) is 17.4. The molecule has 7 heteroatoms. The van der Waals surface area contributed by atoms with Crippen LogP contribution in [0.2, 0.25) is 0 Å². The monoisotopic (exact) mass is 295 g/mol. The van der Waals surface area contributed by atoms with Gasteiger partial charge in [-0.25, -0.2) is 4.79 Å². The van der Waals surface area contributed by atoms with Gasteiger partial charge in [-0.3, -0.25) is 9.48 Å². The molecule has 1 aromatic rings. The number of carbonyl (C=O) groups is 2. The molecule has 1 amide bonds. The summed E-state index contributed by atoms with van der Waals surface area (Å²) in [6.45, 7) is 5.08. The maximum atomic E-state index is 12.5. The van der Waals surface area contributed by atoms with E-state index in [2.05, 4.69) is 10.4 Å². The van der Waals surface area contributed by atoms with Crippen molar-refractivity contribution in [3.05, 3.63) is 17.5 Å². The number of amides is 1. The van der Waals surface area contributed by atoms with E-state index in [4.69, 9.17) is 4.74 Å². The van der Waals surface area contributed by atoms with Gasteiger partial charge in [-0.2, -0.15) is 5.10 Å². The SMILES string of the molecule is CCc1cc(C(=O)NC2(C(=O)O)CCOCC2)n(CC)n1. The molecule has 0 unspecified atom stereocenters. The Bertz CT molecular complexity index is 532. The van der Waals surface area contributed by atoms with E-state index in [-0.39, 0.29) is 12.8 Å². The molecular formula is C14H21N3O4. The van der Waals surface area contributed by atoms with Gasteiger partial charge in [-0.05, 0) is 19.4 Å². The highest BCUT2D eigenvalue weighted by Gasteiger charge is 2.42. The summed E-state index contributed by atoms with van der Waals surface area (Å²) in [6, 6.07) is 1.72. The van der Waals surface area contributed by atoms with Crippen LogP contribution in [0.25, 0.3) is 0 Å². The fourth-order valence-corrected chi connectivity index (χ4v) is 2.46. The molecule has 1 aromatic heterocycles. The number of carbonyl (C=O) groups excluding carboxylic acids is 1. The van der Waals surface area contributed by atoms with Gasteiger partial charge < -0.3 is 15.2 Å². The summed E-state index contributed by atoms with van der Waals surface area (Å²) < 4.78 is 6.80. The Balaban J connectivity index is 2.23. The van der Waals surface area contributed by atoms with Crippen LogP contribution >= 0.6 is 0 Å². The van der Waals surface area contributed by atoms with Crippen LogP contribution in [0.5, 0.6) is 0 Å². The molecule has 0 aliphatic carbocycles. The first kappa shape index (κ1) is 15.5. The molecule has 2 heterocycles. The number of carboxylic acid groups (broad SMARTS) is 1. The van der Waals surface area contributed by atoms with Crippen molar-refractivity contribution in [2.75, 3.05) is 13.2 Å². The van der Waals surface area contributed by atoms with Gasteiger partial charge in [-0.1, -0.05) is 6.92 Å². The first-order chi connectivity index (χ1) is 10.0. The van der Waals surface area contributed by atoms with Crippen molar-refractivity contribution in [2.24, 2.45) is 0 Å². The second-order valence-corrected chi connectivity index (χ2v) is 5.14. The molecule has 0 atom stereocenters. The Morgan fingerprint density at radius 2 is 2.10 bits per heavy atom. The summed E-state index contributed by atoms with van der Waals surface area (Å²) in [4.78, 5) is 24.0. The molecule has 0 radical (unpaired) electrons. The summed E-state index contributed by atoms with van der Waals surface area (Å²) in [6.07, 6.45) is 1.27. The van der Waals surface area contributed by atoms with Gasteiger partial charge in [-0.15, -0.1) is 0 Å². The van der Waals surface area contributed by atoms with Crippen molar-refractivity contribution < 1.29 is 19.4 Å². The highest BCUT2D eigenvalue weighted by atomic mass is 16.5. The molecule has 21 heavy (non-hydrogen) atoms. The van der Waals surface area contributed by atoms with E-state index in [1.54, 1.807) is 10.7 Å². The minimum Gasteiger partial charge on any atom is -0.480 e. The summed E-state index contributed by atoms with van der Waals surface area (Å²) in [5, 5.41) is 16.5. The molecule has 0 bridgehead atoms. The minimum atomic E-state index is -1.25. The Morgan fingerprint density at radius 1 is 1.43 bits per heavy atom. The molecule has 1 saturated heterocycles. The van der Waals surface area contributed by atoms with Gasteiger partial charge in [0.2, 0.25) is 0 Å². The third kappa shape index (κ3) is 3.07. The fraction of sp³-hybridized carbons (Fsp3) is 0.643. The summed E-state index contributed by atoms with van der Waals surface area (Å²) in [5.41, 5.74) is -0.0234. The molecule has 0 spiro atoms. The number of aromatic nitrogens is 2. The average molecular weight is 295 g/mol. The second-order valence-electron chi connectivity index (χ2n) is 5.14. The van der Waals surface area contributed by atoms with Crippen LogP contribution < -0.4 is 5.32 Å². The molecule has 1 aliphatic heterocycles. The van der Waals surface area contributed by atoms with Gasteiger partial charge in [0.15, 0.2) is 0 Å². The number of aliphatic carboxylic acids is 1. The quantitative estimate of drug-likeness (QED) is 0.839. The van der Waals surface area contributed by atoms with Crippen molar-refractivity contribution in [2.45, 2.75) is 45.2 Å². The second kappa shape index (κ2) is 6.26. The topological polar surface area (TPSA) is 93.5 Å². The Morgan fingerprint density at radius 3 is 2.62 bits per heavy atom. The van der Waals surface area contributed by atoms with Crippen molar-refractivity contribution in [1.29, 1.82) is 0 Å². The van der Waals surface area contributed by atoms with E-state index >= 15 is 0 Å². The fourth-order valence-electron chi connectivity index (χ4n) is 2.46. The summed E-state index contributed by atoms with van der Waals surface area (Å²) in [7, 11) is 0. The van der Waals surface area contributed by atoms with Crippen LogP contribution in [0, 0.1) is 0 Å². The van der Waals surface area contributed by atoms with E-state index in [1.807, 2.05) is 13.8 Å². The lowest BCUT2D eigenvalue weighted by Gasteiger charge is -2.33. The van der Waals surface area contributed by atoms with Gasteiger partial charge in [0.05, 0.1) is 5.69 Å². The molecule has 0 saturated carbocycles. The molecule has 7 nitrogen and oxygen atoms in total. The molecule has 1 aliphatic rings. The van der Waals surface area contributed by atoms with E-state index in [1.165, 1.54) is 0 Å². The van der Waals surface area contributed by atoms with Gasteiger partial charge in [0.25, 0.3) is 5.91 Å². The molecule has 2 rings (SSSR count). The van der Waals surface area contributed by atoms with E-state index in [0.29, 0.717) is 25.5 Å². The number of nitrogens with one attached hydrogen (secondary N) is 1. The van der Waals surface area contributed by atoms with Crippen molar-refractivity contribution in [1.82, 2.24) is 15.1 Å². The van der Waals surface area contributed by atoms with Crippen LogP contribution in [0.3, 0.4) is 0 Å². The minimum absolute atomic E-state index is 0.273. The van der Waals surface area contributed by atoms with Gasteiger partial charge in [0, 0.05) is 32.6 Å². The predicted molar refractivity (Wildman–Crippen MR) is 75.2 cm³/mol. The number of rotatable bonds is 5. The van der Waals surface area contributed by atoms with Crippen LogP contribution in [0.15, 0.2) is 6.07 Å². The highest BCUT2D eigenvalue weighted by molar-refractivity contribution is 5.96. The van der Waals surface area contributed by atoms with Gasteiger partial charge >= 0.3 is 5.97 Å². The van der Waals surface area contributed by atoms with E-state index in [0.717, 1.165) is 12.1 Å². The lowest BCUT2D eigenvalue weighted by atomic mass is 9.90. The maximum Gasteiger partial charge on any atom is 0.329 e. The Labute approximate surface area is 123 Å². The van der Waals surface area contributed by atoms with Gasteiger partial charge in [0.1, 0.15) is 11.2 Å². The third-order valence-corrected chi connectivity index (χ3v) is 3.83. The standard InChI is InChI=1S/C14H21N3O4/c1-3-10-9-11(17(4-2)16-10)12(18)15-14(13(19)20)5-7-21-8-6-14/h9H,3-8H2,1-2H3,(H,15,18)(H,19,20). The predicted octanol–water partition coefficient (Wildman–Crippen LogP) is 0.829. The average Bonchev–Trinajstić information content (AvgIpc) is 2.91. The molecular weight excluding hydrogens is 274 g/mol. The lowest BCUT2D eigenvalue weighted by molar-refractivity contribution is -0.148. The zero-order valence-corrected chi connectivity index (χ0v) is 12.4. The molecule has 0 aromatic carbocycles. The number of ether oxygens (including phenoxy) is 1. The van der Waals surface area contributed by atoms with Crippen LogP contribution in [-0.4, -0.2) is 45.5 Å². The zero-order chi connectivity index (χ0) is 15.5. The molecule has 1 fully saturated rings. The zero-order valence-electron chi connectivity index (χ0n) is 12.4. The third-order valence-electron chi connectivity index (χ3n) is 3.83. The summed E-state index contributed by atoms with van der Waals surface area (Å²) >= 11 is 0. The first-order valence-corrected chi connectivity index (χ1v) is 7.22. The Hall–Kier alpha value is -1.89. The van der Waals surface area contributed by atoms with Crippen LogP contribution in [0.4, 0.5) is 0 Å². The number of hydrogen-bond acceptors (Lipinski definition) is 4. The smallest absolute Gasteiger partial charge is 0.329 e. The lowest BCUT2D eigenvalue weighted by Crippen LogP contribution is -2.57. The summed E-state index contributed by atoms with van der Waals surface area (Å²) in [5.74, 6) is -1.41. The number of nitrogens with zero attached hydrogens (tertiary/aromatic N) is 2. The number of carboxylic acids is 1. The van der Waals surface area contributed by atoms with Crippen molar-refractivity contribution in [3.63, 3.8) is 0 Å². The van der Waals surface area contributed by atoms with Crippen LogP contribution in [-0.2, 0) is 22.5 Å². The van der Waals surface area contributed by atoms with E-state index < -0.39 is 17.4 Å². The molecule has 116 valence electrons. The molecule has 2 N–H and O–H groups in total.